The Morgan fingerprint density at radius 3 is 2.64 bits per heavy atom. The Morgan fingerprint density at radius 2 is 2.00 bits per heavy atom. The number of nitrogens with zero attached hydrogens (tertiary/aromatic N) is 1. The summed E-state index contributed by atoms with van der Waals surface area (Å²) in [6.45, 7) is 0.527. The van der Waals surface area contributed by atoms with Gasteiger partial charge in [0.15, 0.2) is 0 Å². The molecule has 0 bridgehead atoms. The lowest BCUT2D eigenvalue weighted by atomic mass is 10.2. The fraction of sp³-hybridized carbons (Fsp3) is 0.294. The van der Waals surface area contributed by atoms with E-state index >= 15 is 0 Å². The molecule has 1 heterocycles. The number of nitrogens with one attached hydrogen (secondary N) is 1. The van der Waals surface area contributed by atoms with Crippen LogP contribution in [0.3, 0.4) is 0 Å². The van der Waals surface area contributed by atoms with Crippen molar-refractivity contribution in [2.24, 2.45) is 11.7 Å². The highest BCUT2D eigenvalue weighted by molar-refractivity contribution is 9.10. The van der Waals surface area contributed by atoms with Crippen molar-refractivity contribution in [1.82, 2.24) is 10.3 Å². The van der Waals surface area contributed by atoms with Gasteiger partial charge in [-0.1, -0.05) is 23.9 Å². The molecule has 1 fully saturated rings. The number of halogens is 3. The van der Waals surface area contributed by atoms with Gasteiger partial charge in [0.05, 0.1) is 5.56 Å². The second kappa shape index (κ2) is 10.4. The van der Waals surface area contributed by atoms with Gasteiger partial charge in [-0.05, 0) is 59.0 Å². The molecule has 2 aromatic rings. The van der Waals surface area contributed by atoms with E-state index in [0.717, 1.165) is 14.4 Å². The Bertz CT molecular complexity index is 699. The second-order valence-corrected chi connectivity index (χ2v) is 7.60. The number of pyridine rings is 1. The summed E-state index contributed by atoms with van der Waals surface area (Å²) in [5, 5.41) is 3.80. The minimum Gasteiger partial charge on any atom is -0.350 e. The molecule has 1 aromatic carbocycles. The van der Waals surface area contributed by atoms with Gasteiger partial charge in [-0.2, -0.15) is 0 Å². The summed E-state index contributed by atoms with van der Waals surface area (Å²) >= 11 is 4.85. The van der Waals surface area contributed by atoms with E-state index in [4.69, 9.17) is 5.73 Å². The molecule has 0 radical (unpaired) electrons. The maximum atomic E-state index is 12.4. The lowest BCUT2D eigenvalue weighted by Gasteiger charge is -2.13. The Kier molecular flexibility index (Phi) is 9.24. The summed E-state index contributed by atoms with van der Waals surface area (Å²) in [4.78, 5) is 17.7. The number of hydrogen-bond donors (Lipinski definition) is 2. The molecule has 1 aliphatic carbocycles. The molecule has 1 saturated carbocycles. The molecule has 3 rings (SSSR count). The van der Waals surface area contributed by atoms with E-state index in [1.165, 1.54) is 24.6 Å². The molecule has 0 spiro atoms. The van der Waals surface area contributed by atoms with E-state index in [9.17, 15) is 4.79 Å². The first kappa shape index (κ1) is 22.3. The summed E-state index contributed by atoms with van der Waals surface area (Å²) in [6, 6.07) is 11.5. The standard InChI is InChI=1S/C17H18BrN3OS.2ClH/c18-12-7-8-16(20-9-12)23-15-4-2-1-3-13(15)17(22)21-10-14(19)11-5-6-11;;/h1-4,7-9,11,14H,5-6,10,19H2,(H,21,22);2*1H. The van der Waals surface area contributed by atoms with Crippen molar-refractivity contribution in [2.75, 3.05) is 6.54 Å². The smallest absolute Gasteiger partial charge is 0.252 e. The van der Waals surface area contributed by atoms with Crippen LogP contribution in [-0.4, -0.2) is 23.5 Å². The molecule has 4 nitrogen and oxygen atoms in total. The van der Waals surface area contributed by atoms with Crippen LogP contribution in [0.2, 0.25) is 0 Å². The maximum absolute atomic E-state index is 12.4. The lowest BCUT2D eigenvalue weighted by Crippen LogP contribution is -2.38. The predicted molar refractivity (Wildman–Crippen MR) is 110 cm³/mol. The molecule has 8 heteroatoms. The average Bonchev–Trinajstić information content (AvgIpc) is 3.40. The van der Waals surface area contributed by atoms with Gasteiger partial charge in [-0.3, -0.25) is 4.79 Å². The first-order valence-electron chi connectivity index (χ1n) is 7.55. The van der Waals surface area contributed by atoms with Crippen LogP contribution in [0.25, 0.3) is 0 Å². The first-order chi connectivity index (χ1) is 11.1. The normalized spacial score (nSPS) is 14.0. The summed E-state index contributed by atoms with van der Waals surface area (Å²) in [6.07, 6.45) is 4.11. The van der Waals surface area contributed by atoms with Crippen LogP contribution < -0.4 is 11.1 Å². The van der Waals surface area contributed by atoms with E-state index in [-0.39, 0.29) is 36.8 Å². The largest absolute Gasteiger partial charge is 0.350 e. The number of carbonyl (C=O) groups is 1. The van der Waals surface area contributed by atoms with E-state index in [0.29, 0.717) is 18.0 Å². The Labute approximate surface area is 172 Å². The number of benzene rings is 1. The summed E-state index contributed by atoms with van der Waals surface area (Å²) in [5.74, 6) is 0.494. The molecule has 1 amide bonds. The molecule has 1 aromatic heterocycles. The van der Waals surface area contributed by atoms with Crippen LogP contribution in [0.1, 0.15) is 23.2 Å². The van der Waals surface area contributed by atoms with Gasteiger partial charge in [0.1, 0.15) is 5.03 Å². The fourth-order valence-corrected chi connectivity index (χ4v) is 3.39. The van der Waals surface area contributed by atoms with Gasteiger partial charge >= 0.3 is 0 Å². The third-order valence-corrected chi connectivity index (χ3v) is 5.27. The quantitative estimate of drug-likeness (QED) is 0.668. The van der Waals surface area contributed by atoms with Crippen molar-refractivity contribution in [3.63, 3.8) is 0 Å². The maximum Gasteiger partial charge on any atom is 0.252 e. The number of hydrogen-bond acceptors (Lipinski definition) is 4. The molecule has 3 N–H and O–H groups in total. The number of rotatable bonds is 6. The average molecular weight is 465 g/mol. The monoisotopic (exact) mass is 463 g/mol. The van der Waals surface area contributed by atoms with Crippen LogP contribution in [0.5, 0.6) is 0 Å². The summed E-state index contributed by atoms with van der Waals surface area (Å²) in [5.41, 5.74) is 6.70. The fourth-order valence-electron chi connectivity index (χ4n) is 2.28. The zero-order valence-electron chi connectivity index (χ0n) is 13.4. The molecular weight excluding hydrogens is 445 g/mol. The molecule has 1 aliphatic rings. The van der Waals surface area contributed by atoms with Crippen molar-refractivity contribution >= 4 is 58.4 Å². The van der Waals surface area contributed by atoms with Gasteiger partial charge in [0.2, 0.25) is 0 Å². The number of carbonyl (C=O) groups excluding carboxylic acids is 1. The van der Waals surface area contributed by atoms with E-state index < -0.39 is 0 Å². The molecule has 136 valence electrons. The SMILES string of the molecule is Cl.Cl.NC(CNC(=O)c1ccccc1Sc1ccc(Br)cn1)C1CC1. The molecule has 25 heavy (non-hydrogen) atoms. The molecule has 1 unspecified atom stereocenters. The molecular formula is C17H20BrCl2N3OS. The molecule has 0 aliphatic heterocycles. The van der Waals surface area contributed by atoms with Gasteiger partial charge in [0, 0.05) is 28.2 Å². The van der Waals surface area contributed by atoms with Crippen LogP contribution in [0.15, 0.2) is 57.0 Å². The molecule has 1 atom stereocenters. The highest BCUT2D eigenvalue weighted by Crippen LogP contribution is 2.32. The van der Waals surface area contributed by atoms with E-state index in [1.54, 1.807) is 6.20 Å². The first-order valence-corrected chi connectivity index (χ1v) is 9.16. The van der Waals surface area contributed by atoms with E-state index in [2.05, 4.69) is 26.2 Å². The minimum atomic E-state index is -0.0821. The zero-order valence-corrected chi connectivity index (χ0v) is 17.4. The van der Waals surface area contributed by atoms with Gasteiger partial charge in [-0.25, -0.2) is 4.98 Å². The highest BCUT2D eigenvalue weighted by atomic mass is 79.9. The van der Waals surface area contributed by atoms with Crippen molar-refractivity contribution in [3.05, 3.63) is 52.6 Å². The van der Waals surface area contributed by atoms with Crippen LogP contribution in [0.4, 0.5) is 0 Å². The summed E-state index contributed by atoms with van der Waals surface area (Å²) < 4.78 is 0.932. The number of aromatic nitrogens is 1. The van der Waals surface area contributed by atoms with Crippen molar-refractivity contribution < 1.29 is 4.79 Å². The van der Waals surface area contributed by atoms with Crippen LogP contribution in [-0.2, 0) is 0 Å². The van der Waals surface area contributed by atoms with Gasteiger partial charge in [-0.15, -0.1) is 24.8 Å². The van der Waals surface area contributed by atoms with Gasteiger partial charge in [0.25, 0.3) is 5.91 Å². The Hall–Kier alpha value is -0.790. The Balaban J connectivity index is 0.00000156. The predicted octanol–water partition coefficient (Wildman–Crippen LogP) is 4.31. The van der Waals surface area contributed by atoms with Crippen molar-refractivity contribution in [2.45, 2.75) is 28.8 Å². The van der Waals surface area contributed by atoms with Crippen LogP contribution >= 0.6 is 52.5 Å². The third-order valence-electron chi connectivity index (χ3n) is 3.77. The lowest BCUT2D eigenvalue weighted by molar-refractivity contribution is 0.0947. The number of amides is 1. The Morgan fingerprint density at radius 1 is 1.28 bits per heavy atom. The molecule has 0 saturated heterocycles. The minimum absolute atomic E-state index is 0. The highest BCUT2D eigenvalue weighted by Gasteiger charge is 2.28. The van der Waals surface area contributed by atoms with E-state index in [1.807, 2.05) is 36.4 Å². The van der Waals surface area contributed by atoms with Crippen molar-refractivity contribution in [1.29, 1.82) is 0 Å². The summed E-state index contributed by atoms with van der Waals surface area (Å²) in [7, 11) is 0. The van der Waals surface area contributed by atoms with Crippen molar-refractivity contribution in [3.8, 4) is 0 Å². The third kappa shape index (κ3) is 6.46. The van der Waals surface area contributed by atoms with Gasteiger partial charge < -0.3 is 11.1 Å². The van der Waals surface area contributed by atoms with Crippen LogP contribution in [0, 0.1) is 5.92 Å². The topological polar surface area (TPSA) is 68.0 Å². The second-order valence-electron chi connectivity index (χ2n) is 5.62. The zero-order chi connectivity index (χ0) is 16.2. The number of nitrogens with two attached hydrogens (primary N) is 1.